The van der Waals surface area contributed by atoms with E-state index in [1.54, 1.807) is 6.07 Å². The molecule has 5 nitrogen and oxygen atoms in total. The molecule has 0 saturated carbocycles. The number of benzene rings is 2. The van der Waals surface area contributed by atoms with E-state index >= 15 is 0 Å². The summed E-state index contributed by atoms with van der Waals surface area (Å²) >= 11 is 0. The molecule has 0 unspecified atom stereocenters. The lowest BCUT2D eigenvalue weighted by molar-refractivity contribution is 0.102. The van der Waals surface area contributed by atoms with Crippen LogP contribution >= 0.6 is 0 Å². The van der Waals surface area contributed by atoms with Gasteiger partial charge in [-0.1, -0.05) is 57.2 Å². The molecular weight excluding hydrogens is 360 g/mol. The number of aromatic nitrogens is 2. The van der Waals surface area contributed by atoms with Crippen molar-refractivity contribution in [1.29, 1.82) is 0 Å². The van der Waals surface area contributed by atoms with Gasteiger partial charge in [0.05, 0.1) is 0 Å². The fourth-order valence-electron chi connectivity index (χ4n) is 3.77. The minimum absolute atomic E-state index is 0.0735. The van der Waals surface area contributed by atoms with Crippen molar-refractivity contribution in [3.8, 4) is 0 Å². The van der Waals surface area contributed by atoms with Gasteiger partial charge in [-0.2, -0.15) is 0 Å². The molecule has 148 valence electrons. The molecule has 1 N–H and O–H groups in total. The molecule has 1 aliphatic rings. The number of hydrogen-bond acceptors (Lipinski definition) is 4. The third-order valence-corrected chi connectivity index (χ3v) is 5.19. The maximum absolute atomic E-state index is 13.0. The van der Waals surface area contributed by atoms with Gasteiger partial charge < -0.3 is 10.2 Å². The lowest BCUT2D eigenvalue weighted by atomic mass is 9.86. The number of hydrogen-bond donors (Lipinski definition) is 1. The summed E-state index contributed by atoms with van der Waals surface area (Å²) in [4.78, 5) is 24.3. The Kier molecular flexibility index (Phi) is 4.82. The highest BCUT2D eigenvalue weighted by Gasteiger charge is 2.24. The Balaban J connectivity index is 1.65. The average molecular weight is 386 g/mol. The van der Waals surface area contributed by atoms with Crippen LogP contribution < -0.4 is 10.2 Å². The summed E-state index contributed by atoms with van der Waals surface area (Å²) in [7, 11) is 0. The van der Waals surface area contributed by atoms with Crippen molar-refractivity contribution in [2.24, 2.45) is 0 Å². The Morgan fingerprint density at radius 3 is 2.55 bits per heavy atom. The molecule has 1 aliphatic heterocycles. The third kappa shape index (κ3) is 3.86. The molecule has 1 amide bonds. The highest BCUT2D eigenvalue weighted by molar-refractivity contribution is 6.03. The number of aryl methyl sites for hydroxylation is 1. The normalized spacial score (nSPS) is 13.3. The Hall–Kier alpha value is -3.21. The summed E-state index contributed by atoms with van der Waals surface area (Å²) in [6, 6.07) is 17.9. The second kappa shape index (κ2) is 7.32. The number of amides is 1. The van der Waals surface area contributed by atoms with Crippen LogP contribution in [0.2, 0.25) is 0 Å². The predicted octanol–water partition coefficient (Wildman–Crippen LogP) is 5.03. The topological polar surface area (TPSA) is 58.1 Å². The predicted molar refractivity (Wildman–Crippen MR) is 117 cm³/mol. The number of nitrogens with one attached hydrogen (secondary N) is 1. The number of fused-ring (bicyclic) bond motifs is 1. The Morgan fingerprint density at radius 2 is 1.76 bits per heavy atom. The number of anilines is 3. The van der Waals surface area contributed by atoms with Crippen molar-refractivity contribution in [3.05, 3.63) is 77.1 Å². The van der Waals surface area contributed by atoms with E-state index < -0.39 is 0 Å². The maximum atomic E-state index is 13.0. The van der Waals surface area contributed by atoms with Crippen LogP contribution in [0.5, 0.6) is 0 Å². The van der Waals surface area contributed by atoms with Gasteiger partial charge >= 0.3 is 0 Å². The first kappa shape index (κ1) is 19.1. The first-order chi connectivity index (χ1) is 13.8. The number of rotatable bonds is 3. The molecular formula is C24H26N4O. The molecule has 5 heteroatoms. The van der Waals surface area contributed by atoms with Crippen molar-refractivity contribution in [1.82, 2.24) is 9.97 Å². The standard InChI is InChI=1S/C24H26N4O/c1-16-15-20(22(29)26-19-11-7-6-10-18(19)24(2,3)4)27-23(25-16)28-14-13-17-9-5-8-12-21(17)28/h5-12,15H,13-14H2,1-4H3,(H,26,29). The van der Waals surface area contributed by atoms with Crippen molar-refractivity contribution in [3.63, 3.8) is 0 Å². The molecule has 0 bridgehead atoms. The van der Waals surface area contributed by atoms with E-state index in [0.29, 0.717) is 11.6 Å². The molecule has 0 spiro atoms. The molecule has 2 heterocycles. The van der Waals surface area contributed by atoms with Gasteiger partial charge in [-0.05, 0) is 48.1 Å². The molecule has 0 atom stereocenters. The first-order valence-corrected chi connectivity index (χ1v) is 9.95. The van der Waals surface area contributed by atoms with Gasteiger partial charge in [-0.25, -0.2) is 9.97 Å². The average Bonchev–Trinajstić information content (AvgIpc) is 3.11. The fraction of sp³-hybridized carbons (Fsp3) is 0.292. The van der Waals surface area contributed by atoms with E-state index in [0.717, 1.165) is 35.6 Å². The quantitative estimate of drug-likeness (QED) is 0.686. The second-order valence-corrected chi connectivity index (χ2v) is 8.47. The zero-order chi connectivity index (χ0) is 20.6. The van der Waals surface area contributed by atoms with Crippen LogP contribution in [0, 0.1) is 6.92 Å². The molecule has 2 aromatic carbocycles. The number of carbonyl (C=O) groups excluding carboxylic acids is 1. The van der Waals surface area contributed by atoms with Gasteiger partial charge in [-0.3, -0.25) is 4.79 Å². The summed E-state index contributed by atoms with van der Waals surface area (Å²) in [5.41, 5.74) is 5.37. The zero-order valence-corrected chi connectivity index (χ0v) is 17.4. The monoisotopic (exact) mass is 386 g/mol. The molecule has 3 aromatic rings. The molecule has 0 saturated heterocycles. The van der Waals surface area contributed by atoms with Crippen LogP contribution in [0.4, 0.5) is 17.3 Å². The van der Waals surface area contributed by atoms with Crippen molar-refractivity contribution < 1.29 is 4.79 Å². The summed E-state index contributed by atoms with van der Waals surface area (Å²) in [6.45, 7) is 9.12. The minimum atomic E-state index is -0.221. The van der Waals surface area contributed by atoms with Crippen LogP contribution in [-0.4, -0.2) is 22.4 Å². The van der Waals surface area contributed by atoms with Crippen LogP contribution in [-0.2, 0) is 11.8 Å². The number of para-hydroxylation sites is 2. The second-order valence-electron chi connectivity index (χ2n) is 8.47. The summed E-state index contributed by atoms with van der Waals surface area (Å²) in [6.07, 6.45) is 0.952. The van der Waals surface area contributed by atoms with E-state index in [1.807, 2.05) is 43.3 Å². The Bertz CT molecular complexity index is 1070. The highest BCUT2D eigenvalue weighted by atomic mass is 16.1. The largest absolute Gasteiger partial charge is 0.320 e. The molecule has 0 fully saturated rings. The maximum Gasteiger partial charge on any atom is 0.274 e. The summed E-state index contributed by atoms with van der Waals surface area (Å²) in [5, 5.41) is 3.05. The SMILES string of the molecule is Cc1cc(C(=O)Nc2ccccc2C(C)(C)C)nc(N2CCc3ccccc32)n1. The third-order valence-electron chi connectivity index (χ3n) is 5.19. The van der Waals surface area contributed by atoms with E-state index in [-0.39, 0.29) is 11.3 Å². The summed E-state index contributed by atoms with van der Waals surface area (Å²) in [5.74, 6) is 0.352. The Labute approximate surface area is 171 Å². The van der Waals surface area contributed by atoms with E-state index in [1.165, 1.54) is 5.56 Å². The lowest BCUT2D eigenvalue weighted by Crippen LogP contribution is -2.22. The molecule has 1 aromatic heterocycles. The van der Waals surface area contributed by atoms with Crippen molar-refractivity contribution in [2.75, 3.05) is 16.8 Å². The smallest absolute Gasteiger partial charge is 0.274 e. The first-order valence-electron chi connectivity index (χ1n) is 9.95. The molecule has 4 rings (SSSR count). The minimum Gasteiger partial charge on any atom is -0.320 e. The van der Waals surface area contributed by atoms with E-state index in [4.69, 9.17) is 0 Å². The van der Waals surface area contributed by atoms with Gasteiger partial charge in [-0.15, -0.1) is 0 Å². The fourth-order valence-corrected chi connectivity index (χ4v) is 3.77. The van der Waals surface area contributed by atoms with Crippen molar-refractivity contribution in [2.45, 2.75) is 39.5 Å². The highest BCUT2D eigenvalue weighted by Crippen LogP contribution is 2.33. The van der Waals surface area contributed by atoms with Gasteiger partial charge in [0.25, 0.3) is 5.91 Å². The van der Waals surface area contributed by atoms with E-state index in [9.17, 15) is 4.79 Å². The van der Waals surface area contributed by atoms with Gasteiger partial charge in [0.15, 0.2) is 0 Å². The van der Waals surface area contributed by atoms with Crippen LogP contribution in [0.3, 0.4) is 0 Å². The Morgan fingerprint density at radius 1 is 1.03 bits per heavy atom. The van der Waals surface area contributed by atoms with Gasteiger partial charge in [0.1, 0.15) is 5.69 Å². The molecule has 0 radical (unpaired) electrons. The van der Waals surface area contributed by atoms with Crippen molar-refractivity contribution >= 4 is 23.2 Å². The van der Waals surface area contributed by atoms with Crippen LogP contribution in [0.1, 0.15) is 48.1 Å². The molecule has 29 heavy (non-hydrogen) atoms. The summed E-state index contributed by atoms with van der Waals surface area (Å²) < 4.78 is 0. The zero-order valence-electron chi connectivity index (χ0n) is 17.4. The number of nitrogens with zero attached hydrogens (tertiary/aromatic N) is 3. The van der Waals surface area contributed by atoms with Crippen LogP contribution in [0.25, 0.3) is 0 Å². The van der Waals surface area contributed by atoms with E-state index in [2.05, 4.69) is 53.1 Å². The number of carbonyl (C=O) groups is 1. The van der Waals surface area contributed by atoms with Gasteiger partial charge in [0, 0.05) is 23.6 Å². The lowest BCUT2D eigenvalue weighted by Gasteiger charge is -2.23. The van der Waals surface area contributed by atoms with Crippen LogP contribution in [0.15, 0.2) is 54.6 Å². The van der Waals surface area contributed by atoms with Gasteiger partial charge in [0.2, 0.25) is 5.95 Å². The molecule has 0 aliphatic carbocycles.